The molecule has 10 rings (SSSR count). The number of likely N-dealkylation sites (tertiary alicyclic amines) is 2. The number of H-pyrrole nitrogens is 1. The van der Waals surface area contributed by atoms with E-state index in [0.29, 0.717) is 53.0 Å². The summed E-state index contributed by atoms with van der Waals surface area (Å²) in [5.74, 6) is -3.34. The molecule has 3 aromatic heterocycles. The van der Waals surface area contributed by atoms with Gasteiger partial charge in [-0.05, 0) is 95.5 Å². The normalized spacial score (nSPS) is 23.0. The first-order valence-corrected chi connectivity index (χ1v) is 26.8. The van der Waals surface area contributed by atoms with Crippen molar-refractivity contribution in [3.63, 3.8) is 0 Å². The summed E-state index contributed by atoms with van der Waals surface area (Å²) in [5.41, 5.74) is 2.78. The SMILES string of the molecule is CNC(C)C(=O)NC(C(=O)N1CCC[C@H]1c1nc(C(=O)c2cccc(OCCCCCN3CC(C(c4ccccc4)n4cc(NC(=O)c5n[nH]c6c5C[C@@H]5C(F)(F)[C@]5(C)C6)cn4)C3)c2)cs1)C1CCCCC1. The highest BCUT2D eigenvalue weighted by Crippen LogP contribution is 2.70. The maximum absolute atomic E-state index is 14.5. The summed E-state index contributed by atoms with van der Waals surface area (Å²) < 4.78 is 37.1. The minimum Gasteiger partial charge on any atom is -0.494 e. The Kier molecular flexibility index (Phi) is 14.5. The van der Waals surface area contributed by atoms with Gasteiger partial charge >= 0.3 is 0 Å². The van der Waals surface area contributed by atoms with E-state index < -0.39 is 35.2 Å². The van der Waals surface area contributed by atoms with Crippen molar-refractivity contribution in [2.24, 2.45) is 23.2 Å². The highest BCUT2D eigenvalue weighted by molar-refractivity contribution is 7.10. The van der Waals surface area contributed by atoms with Crippen molar-refractivity contribution in [2.45, 2.75) is 121 Å². The lowest BCUT2D eigenvalue weighted by molar-refractivity contribution is -0.139. The number of alkyl halides is 2. The number of anilines is 1. The van der Waals surface area contributed by atoms with Crippen LogP contribution in [0.3, 0.4) is 0 Å². The van der Waals surface area contributed by atoms with E-state index in [1.165, 1.54) is 11.3 Å². The van der Waals surface area contributed by atoms with Crippen LogP contribution in [0.15, 0.2) is 72.4 Å². The van der Waals surface area contributed by atoms with E-state index in [1.54, 1.807) is 44.6 Å². The Morgan fingerprint density at radius 2 is 1.78 bits per heavy atom. The number of unbranched alkanes of at least 4 members (excludes halogenated alkanes) is 2. The van der Waals surface area contributed by atoms with Gasteiger partial charge in [0.2, 0.25) is 17.6 Å². The van der Waals surface area contributed by atoms with Crippen molar-refractivity contribution in [1.29, 1.82) is 0 Å². The van der Waals surface area contributed by atoms with Gasteiger partial charge in [0, 0.05) is 71.7 Å². The topological polar surface area (TPSA) is 179 Å². The number of halogens is 2. The first kappa shape index (κ1) is 49.7. The summed E-state index contributed by atoms with van der Waals surface area (Å²) in [6.45, 7) is 7.27. The van der Waals surface area contributed by atoms with Crippen molar-refractivity contribution >= 4 is 40.5 Å². The highest BCUT2D eigenvalue weighted by Gasteiger charge is 2.78. The molecule has 2 saturated heterocycles. The van der Waals surface area contributed by atoms with Gasteiger partial charge < -0.3 is 30.5 Å². The zero-order valence-corrected chi connectivity index (χ0v) is 42.2. The minimum absolute atomic E-state index is 0.0408. The number of thiazole rings is 1. The molecule has 0 radical (unpaired) electrons. The maximum atomic E-state index is 14.5. The molecule has 3 aliphatic carbocycles. The summed E-state index contributed by atoms with van der Waals surface area (Å²) >= 11 is 1.41. The molecule has 4 fully saturated rings. The lowest BCUT2D eigenvalue weighted by atomic mass is 9.83. The summed E-state index contributed by atoms with van der Waals surface area (Å²) in [4.78, 5) is 63.6. The number of hydrogen-bond donors (Lipinski definition) is 4. The smallest absolute Gasteiger partial charge is 0.276 e. The van der Waals surface area contributed by atoms with Crippen LogP contribution in [0.4, 0.5) is 14.5 Å². The van der Waals surface area contributed by atoms with Gasteiger partial charge in [0.25, 0.3) is 11.8 Å². The molecule has 2 aliphatic heterocycles. The Bertz CT molecular complexity index is 2750. The molecular weight excluding hydrogens is 939 g/mol. The van der Waals surface area contributed by atoms with Gasteiger partial charge in [-0.25, -0.2) is 13.8 Å². The van der Waals surface area contributed by atoms with Crippen molar-refractivity contribution in [3.8, 4) is 5.75 Å². The van der Waals surface area contributed by atoms with Crippen LogP contribution >= 0.6 is 11.3 Å². The zero-order chi connectivity index (χ0) is 50.1. The number of rotatable bonds is 20. The summed E-state index contributed by atoms with van der Waals surface area (Å²) in [5, 5.41) is 23.3. The van der Waals surface area contributed by atoms with Crippen LogP contribution in [0.25, 0.3) is 0 Å². The molecule has 2 aromatic carbocycles. The van der Waals surface area contributed by atoms with Crippen molar-refractivity contribution in [3.05, 3.63) is 111 Å². The number of amides is 3. The standard InChI is InChI=1S/C54H66F2N10O5S/c1-33(57-3)49(68)61-45(34-15-7-4-8-16-34)52(70)65-23-14-21-43(65)51-60-42(32-72-51)48(67)36-19-13-20-39(25-36)71-24-12-6-11-22-64-29-37(30-64)47(35-17-9-5-10-18-35)66-31-38(28-58-66)59-50(69)46-40-26-44-53(2,54(44,55)56)27-41(40)62-63-46/h5,9-10,13,17-20,25,28,31-34,37,43-45,47,57H,4,6-8,11-12,14-16,21-24,26-27,29-30H2,1-3H3,(H,59,69)(H,61,68)(H,62,63)/t33?,43-,44-,45?,47?,53+/m0/s1. The molecule has 2 saturated carbocycles. The van der Waals surface area contributed by atoms with Crippen molar-refractivity contribution in [1.82, 2.24) is 45.4 Å². The van der Waals surface area contributed by atoms with Crippen LogP contribution < -0.4 is 20.7 Å². The second-order valence-electron chi connectivity index (χ2n) is 21.0. The molecule has 5 aliphatic rings. The predicted octanol–water partition coefficient (Wildman–Crippen LogP) is 8.02. The fraction of sp³-hybridized carbons (Fsp3) is 0.537. The van der Waals surface area contributed by atoms with Crippen molar-refractivity contribution < 1.29 is 32.7 Å². The van der Waals surface area contributed by atoms with Crippen LogP contribution in [0.5, 0.6) is 5.75 Å². The fourth-order valence-corrected chi connectivity index (χ4v) is 12.7. The third-order valence-corrected chi connectivity index (χ3v) is 17.2. The number of aromatic nitrogens is 5. The number of ketones is 1. The minimum atomic E-state index is -2.74. The Balaban J connectivity index is 0.678. The van der Waals surface area contributed by atoms with E-state index in [2.05, 4.69) is 43.2 Å². The van der Waals surface area contributed by atoms with E-state index in [0.717, 1.165) is 94.4 Å². The number of carbonyl (C=O) groups is 4. The van der Waals surface area contributed by atoms with E-state index >= 15 is 0 Å². The van der Waals surface area contributed by atoms with Gasteiger partial charge in [-0.1, -0.05) is 68.7 Å². The quantitative estimate of drug-likeness (QED) is 0.0441. The van der Waals surface area contributed by atoms with Crippen LogP contribution in [0.2, 0.25) is 0 Å². The largest absolute Gasteiger partial charge is 0.494 e. The third-order valence-electron chi connectivity index (χ3n) is 16.3. The zero-order valence-electron chi connectivity index (χ0n) is 41.4. The van der Waals surface area contributed by atoms with Crippen LogP contribution in [-0.4, -0.2) is 116 Å². The van der Waals surface area contributed by atoms with Crippen LogP contribution in [0, 0.1) is 23.2 Å². The van der Waals surface area contributed by atoms with E-state index in [9.17, 15) is 28.0 Å². The van der Waals surface area contributed by atoms with E-state index in [1.807, 2.05) is 46.1 Å². The molecular formula is C54H66F2N10O5S. The lowest BCUT2D eigenvalue weighted by Crippen LogP contribution is -2.55. The Labute approximate surface area is 423 Å². The number of nitrogens with zero attached hydrogens (tertiary/aromatic N) is 6. The van der Waals surface area contributed by atoms with Crippen molar-refractivity contribution in [2.75, 3.05) is 45.2 Å². The molecule has 18 heteroatoms. The second-order valence-corrected chi connectivity index (χ2v) is 21.9. The third kappa shape index (κ3) is 9.97. The molecule has 5 heterocycles. The molecule has 0 bridgehead atoms. The Morgan fingerprint density at radius 3 is 2.57 bits per heavy atom. The molecule has 3 unspecified atom stereocenters. The number of aromatic amines is 1. The van der Waals surface area contributed by atoms with Gasteiger partial charge in [-0.15, -0.1) is 11.3 Å². The first-order chi connectivity index (χ1) is 34.8. The number of likely N-dealkylation sites (N-methyl/N-ethyl adjacent to an activating group) is 1. The second kappa shape index (κ2) is 20.9. The number of carbonyl (C=O) groups excluding carboxylic acids is 4. The fourth-order valence-electron chi connectivity index (χ4n) is 11.8. The molecule has 0 spiro atoms. The molecule has 15 nitrogen and oxygen atoms in total. The van der Waals surface area contributed by atoms with Gasteiger partial charge in [-0.3, -0.25) is 29.0 Å². The van der Waals surface area contributed by atoms with Crippen LogP contribution in [0.1, 0.15) is 139 Å². The van der Waals surface area contributed by atoms with Gasteiger partial charge in [-0.2, -0.15) is 10.2 Å². The van der Waals surface area contributed by atoms with Crippen LogP contribution in [-0.2, 0) is 22.4 Å². The number of ether oxygens (including phenoxy) is 1. The molecule has 3 amide bonds. The molecule has 382 valence electrons. The molecule has 6 atom stereocenters. The number of nitrogens with one attached hydrogen (secondary N) is 4. The Morgan fingerprint density at radius 1 is 0.972 bits per heavy atom. The summed E-state index contributed by atoms with van der Waals surface area (Å²) in [6.07, 6.45) is 13.3. The average Bonchev–Trinajstić information content (AvgIpc) is 4.15. The van der Waals surface area contributed by atoms with Gasteiger partial charge in [0.1, 0.15) is 22.5 Å². The number of fused-ring (bicyclic) bond motifs is 2. The predicted molar refractivity (Wildman–Crippen MR) is 269 cm³/mol. The Hall–Kier alpha value is -5.85. The van der Waals surface area contributed by atoms with E-state index in [-0.39, 0.29) is 54.1 Å². The number of hydrogen-bond acceptors (Lipinski definition) is 11. The van der Waals surface area contributed by atoms with E-state index in [4.69, 9.17) is 14.8 Å². The number of benzene rings is 2. The van der Waals surface area contributed by atoms with Gasteiger partial charge in [0.15, 0.2) is 5.69 Å². The monoisotopic (exact) mass is 1000 g/mol. The maximum Gasteiger partial charge on any atom is 0.276 e. The highest BCUT2D eigenvalue weighted by atomic mass is 32.1. The summed E-state index contributed by atoms with van der Waals surface area (Å²) in [7, 11) is 1.74. The summed E-state index contributed by atoms with van der Waals surface area (Å²) in [6, 6.07) is 16.2. The molecule has 72 heavy (non-hydrogen) atoms. The van der Waals surface area contributed by atoms with Gasteiger partial charge in [0.05, 0.1) is 36.6 Å². The average molecular weight is 1010 g/mol. The molecule has 5 aromatic rings. The molecule has 4 N–H and O–H groups in total. The first-order valence-electron chi connectivity index (χ1n) is 25.9. The lowest BCUT2D eigenvalue weighted by Gasteiger charge is -2.43.